The van der Waals surface area contributed by atoms with Gasteiger partial charge in [0.05, 0.1) is 30.1 Å². The number of likely N-dealkylation sites (tertiary alicyclic amines) is 1. The maximum atomic E-state index is 14.2. The number of nitrogens with one attached hydrogen (secondary N) is 3. The van der Waals surface area contributed by atoms with Gasteiger partial charge in [-0.05, 0) is 58.7 Å². The molecule has 4 rings (SSSR count). The summed E-state index contributed by atoms with van der Waals surface area (Å²) in [7, 11) is 1.36. The number of carbonyl (C=O) groups excluding carboxylic acids is 2. The highest BCUT2D eigenvalue weighted by molar-refractivity contribution is 7.81. The predicted molar refractivity (Wildman–Crippen MR) is 161 cm³/mol. The number of carbonyl (C=O) groups is 2. The van der Waals surface area contributed by atoms with Crippen molar-refractivity contribution >= 4 is 34.9 Å². The Morgan fingerprint density at radius 2 is 2.07 bits per heavy atom. The van der Waals surface area contributed by atoms with Crippen LogP contribution in [0.5, 0.6) is 11.5 Å². The first kappa shape index (κ1) is 31.0. The van der Waals surface area contributed by atoms with Crippen LogP contribution in [-0.2, 0) is 16.1 Å². The molecule has 0 bridgehead atoms. The molecule has 12 heteroatoms. The van der Waals surface area contributed by atoms with Crippen LogP contribution in [0.25, 0.3) is 0 Å². The summed E-state index contributed by atoms with van der Waals surface area (Å²) in [4.78, 5) is 31.8. The van der Waals surface area contributed by atoms with E-state index in [4.69, 9.17) is 26.4 Å². The summed E-state index contributed by atoms with van der Waals surface area (Å²) >= 11 is 5.57. The summed E-state index contributed by atoms with van der Waals surface area (Å²) in [6.45, 7) is 9.19. The number of thiocarbonyl (C=S) groups is 1. The highest BCUT2D eigenvalue weighted by Crippen LogP contribution is 2.32. The van der Waals surface area contributed by atoms with Gasteiger partial charge in [0.1, 0.15) is 22.9 Å². The summed E-state index contributed by atoms with van der Waals surface area (Å²) in [6.07, 6.45) is 5.11. The van der Waals surface area contributed by atoms with Crippen molar-refractivity contribution in [1.29, 1.82) is 0 Å². The van der Waals surface area contributed by atoms with Crippen LogP contribution in [0.15, 0.2) is 47.9 Å². The van der Waals surface area contributed by atoms with Crippen LogP contribution in [0.1, 0.15) is 52.5 Å². The molecule has 226 valence electrons. The normalized spacial score (nSPS) is 18.8. The monoisotopic (exact) mass is 599 g/mol. The van der Waals surface area contributed by atoms with Crippen molar-refractivity contribution in [3.05, 3.63) is 59.3 Å². The number of benzene rings is 1. The van der Waals surface area contributed by atoms with Crippen LogP contribution in [0.3, 0.4) is 0 Å². The van der Waals surface area contributed by atoms with Gasteiger partial charge in [-0.1, -0.05) is 18.3 Å². The topological polar surface area (TPSA) is 114 Å². The van der Waals surface area contributed by atoms with Crippen molar-refractivity contribution in [2.24, 2.45) is 0 Å². The van der Waals surface area contributed by atoms with E-state index in [1.807, 2.05) is 33.8 Å². The molecule has 2 aliphatic rings. The molecule has 1 atom stereocenters. The molecule has 0 aliphatic carbocycles. The minimum atomic E-state index is -0.589. The summed E-state index contributed by atoms with van der Waals surface area (Å²) in [5, 5.41) is 9.12. The number of para-hydroxylation sites is 1. The molecule has 42 heavy (non-hydrogen) atoms. The van der Waals surface area contributed by atoms with Gasteiger partial charge >= 0.3 is 6.09 Å². The molecule has 0 radical (unpaired) electrons. The fourth-order valence-electron chi connectivity index (χ4n) is 4.99. The lowest BCUT2D eigenvalue weighted by atomic mass is 10.0. The molecule has 2 amide bonds. The van der Waals surface area contributed by atoms with Crippen molar-refractivity contribution in [1.82, 2.24) is 20.5 Å². The second-order valence-corrected chi connectivity index (χ2v) is 11.9. The van der Waals surface area contributed by atoms with Gasteiger partial charge in [0.15, 0.2) is 11.6 Å². The average Bonchev–Trinajstić information content (AvgIpc) is 3.32. The van der Waals surface area contributed by atoms with Crippen LogP contribution in [0.2, 0.25) is 0 Å². The number of anilines is 1. The number of hydrogen-bond donors (Lipinski definition) is 3. The number of pyridine rings is 1. The third kappa shape index (κ3) is 7.28. The number of ether oxygens (including phenoxy) is 3. The largest absolute Gasteiger partial charge is 0.492 e. The summed E-state index contributed by atoms with van der Waals surface area (Å²) in [6, 6.07) is 6.27. The number of halogens is 1. The molecular weight excluding hydrogens is 561 g/mol. The molecule has 3 heterocycles. The van der Waals surface area contributed by atoms with Crippen LogP contribution in [-0.4, -0.2) is 64.8 Å². The van der Waals surface area contributed by atoms with Gasteiger partial charge in [-0.25, -0.2) is 9.18 Å². The zero-order valence-electron chi connectivity index (χ0n) is 24.6. The van der Waals surface area contributed by atoms with E-state index in [1.54, 1.807) is 23.4 Å². The zero-order chi connectivity index (χ0) is 30.5. The Hall–Kier alpha value is -3.93. The Bertz CT molecular complexity index is 1380. The maximum absolute atomic E-state index is 14.2. The third-order valence-corrected chi connectivity index (χ3v) is 7.41. The third-order valence-electron chi connectivity index (χ3n) is 7.10. The molecule has 2 aromatic rings. The number of nitrogens with zero attached hydrogens (tertiary/aromatic N) is 2. The number of aromatic nitrogens is 1. The molecule has 0 unspecified atom stereocenters. The Kier molecular flexibility index (Phi) is 9.55. The Labute approximate surface area is 251 Å². The van der Waals surface area contributed by atoms with Crippen LogP contribution < -0.4 is 25.4 Å². The van der Waals surface area contributed by atoms with E-state index < -0.39 is 17.0 Å². The molecule has 0 spiro atoms. The molecule has 1 fully saturated rings. The van der Waals surface area contributed by atoms with Crippen molar-refractivity contribution in [3.63, 3.8) is 0 Å². The second kappa shape index (κ2) is 12.9. The lowest BCUT2D eigenvalue weighted by Gasteiger charge is -2.36. The minimum Gasteiger partial charge on any atom is -0.492 e. The number of amides is 2. The van der Waals surface area contributed by atoms with Crippen molar-refractivity contribution in [2.45, 2.75) is 64.6 Å². The first-order valence-corrected chi connectivity index (χ1v) is 14.3. The fourth-order valence-corrected chi connectivity index (χ4v) is 5.32. The maximum Gasteiger partial charge on any atom is 0.410 e. The first-order chi connectivity index (χ1) is 19.9. The van der Waals surface area contributed by atoms with Crippen molar-refractivity contribution < 1.29 is 28.2 Å². The smallest absolute Gasteiger partial charge is 0.410 e. The van der Waals surface area contributed by atoms with E-state index in [0.717, 1.165) is 18.4 Å². The lowest BCUT2D eigenvalue weighted by Crippen LogP contribution is -2.50. The molecule has 1 saturated heterocycles. The standard InChI is InChI=1S/C30H38FN5O5S/c1-29(2,3)41-28(38)36-15-7-12-30(36,4)18-40-23-17-32-13-10-19(23)16-34-21-11-14-33-26(37)24(21)27(42)35-22-9-6-8-20(31)25(22)39-5/h6,8-10,13,17,34H,7,11-12,14-16,18H2,1-5H3,(H,33,37)(H,35,42)/t30-/m0/s1. The first-order valence-electron chi connectivity index (χ1n) is 13.9. The lowest BCUT2D eigenvalue weighted by molar-refractivity contribution is -0.117. The molecule has 10 nitrogen and oxygen atoms in total. The van der Waals surface area contributed by atoms with Crippen molar-refractivity contribution in [3.8, 4) is 11.5 Å². The summed E-state index contributed by atoms with van der Waals surface area (Å²) in [5.41, 5.74) is 0.931. The number of rotatable bonds is 9. The molecular formula is C30H38FN5O5S. The Morgan fingerprint density at radius 1 is 1.29 bits per heavy atom. The van der Waals surface area contributed by atoms with E-state index >= 15 is 0 Å². The molecule has 0 saturated carbocycles. The van der Waals surface area contributed by atoms with E-state index in [9.17, 15) is 14.0 Å². The summed E-state index contributed by atoms with van der Waals surface area (Å²) < 4.78 is 31.2. The van der Waals surface area contributed by atoms with Gasteiger partial charge < -0.3 is 30.2 Å². The average molecular weight is 600 g/mol. The molecule has 1 aromatic heterocycles. The highest BCUT2D eigenvalue weighted by Gasteiger charge is 2.42. The van der Waals surface area contributed by atoms with Crippen LogP contribution in [0, 0.1) is 5.82 Å². The SMILES string of the molecule is COc1c(F)cccc1NC(=S)C1=C(NCc2ccncc2OC[C@]2(C)CCCN2C(=O)OC(C)(C)C)CCNC1=O. The highest BCUT2D eigenvalue weighted by atomic mass is 32.1. The van der Waals surface area contributed by atoms with Gasteiger partial charge in [0, 0.05) is 43.5 Å². The second-order valence-electron chi connectivity index (χ2n) is 11.5. The van der Waals surface area contributed by atoms with Gasteiger partial charge in [0.2, 0.25) is 0 Å². The van der Waals surface area contributed by atoms with Gasteiger partial charge in [-0.2, -0.15) is 0 Å². The van der Waals surface area contributed by atoms with E-state index in [0.29, 0.717) is 43.2 Å². The molecule has 3 N–H and O–H groups in total. The number of hydrogen-bond acceptors (Lipinski definition) is 8. The number of methoxy groups -OCH3 is 1. The van der Waals surface area contributed by atoms with Gasteiger partial charge in [0.25, 0.3) is 5.91 Å². The Morgan fingerprint density at radius 3 is 2.81 bits per heavy atom. The van der Waals surface area contributed by atoms with Crippen molar-refractivity contribution in [2.75, 3.05) is 32.1 Å². The van der Waals surface area contributed by atoms with Crippen LogP contribution in [0.4, 0.5) is 14.9 Å². The minimum absolute atomic E-state index is 0.00551. The zero-order valence-corrected chi connectivity index (χ0v) is 25.5. The predicted octanol–water partition coefficient (Wildman–Crippen LogP) is 4.70. The van der Waals surface area contributed by atoms with E-state index in [-0.39, 0.29) is 34.9 Å². The summed E-state index contributed by atoms with van der Waals surface area (Å²) in [5.74, 6) is -0.309. The molecule has 1 aromatic carbocycles. The Balaban J connectivity index is 1.48. The fraction of sp³-hybridized carbons (Fsp3) is 0.467. The van der Waals surface area contributed by atoms with E-state index in [2.05, 4.69) is 20.9 Å². The van der Waals surface area contributed by atoms with E-state index in [1.165, 1.54) is 19.2 Å². The van der Waals surface area contributed by atoms with Crippen LogP contribution >= 0.6 is 12.2 Å². The quantitative estimate of drug-likeness (QED) is 0.353. The van der Waals surface area contributed by atoms with Gasteiger partial charge in [-0.3, -0.25) is 14.7 Å². The molecule has 2 aliphatic heterocycles. The van der Waals surface area contributed by atoms with Gasteiger partial charge in [-0.15, -0.1) is 0 Å².